The zero-order valence-electron chi connectivity index (χ0n) is 7.87. The quantitative estimate of drug-likeness (QED) is 0.707. The van der Waals surface area contributed by atoms with Gasteiger partial charge in [-0.1, -0.05) is 0 Å². The number of phenolic OH excluding ortho intramolecular Hbond substituents is 1. The van der Waals surface area contributed by atoms with E-state index in [4.69, 9.17) is 4.74 Å². The molecule has 3 nitrogen and oxygen atoms in total. The summed E-state index contributed by atoms with van der Waals surface area (Å²) in [6, 6.07) is 3.61. The average molecular weight is 179 g/mol. The van der Waals surface area contributed by atoms with Crippen molar-refractivity contribution >= 4 is 5.69 Å². The number of rotatable bonds is 1. The molecule has 0 aliphatic carbocycles. The van der Waals surface area contributed by atoms with Gasteiger partial charge in [-0.25, -0.2) is 0 Å². The topological polar surface area (TPSA) is 32.7 Å². The molecule has 1 aromatic carbocycles. The number of likely N-dealkylation sites (N-methyl/N-ethyl adjacent to an activating group) is 1. The lowest BCUT2D eigenvalue weighted by molar-refractivity contribution is 0.370. The largest absolute Gasteiger partial charge is 0.504 e. The van der Waals surface area contributed by atoms with E-state index < -0.39 is 0 Å². The van der Waals surface area contributed by atoms with Crippen LogP contribution >= 0.6 is 0 Å². The number of methoxy groups -OCH3 is 1. The van der Waals surface area contributed by atoms with Crippen molar-refractivity contribution in [2.24, 2.45) is 0 Å². The van der Waals surface area contributed by atoms with E-state index in [0.29, 0.717) is 5.75 Å². The zero-order valence-corrected chi connectivity index (χ0v) is 7.87. The SMILES string of the molecule is COc1c(O)ccc2c1CCN2C. The van der Waals surface area contributed by atoms with Gasteiger partial charge in [-0.2, -0.15) is 0 Å². The molecule has 1 aliphatic rings. The first-order valence-electron chi connectivity index (χ1n) is 4.34. The number of ether oxygens (including phenoxy) is 1. The van der Waals surface area contributed by atoms with Crippen molar-refractivity contribution in [3.63, 3.8) is 0 Å². The van der Waals surface area contributed by atoms with Gasteiger partial charge in [0.15, 0.2) is 11.5 Å². The van der Waals surface area contributed by atoms with E-state index >= 15 is 0 Å². The average Bonchev–Trinajstić information content (AvgIpc) is 2.48. The highest BCUT2D eigenvalue weighted by molar-refractivity contribution is 5.66. The molecular weight excluding hydrogens is 166 g/mol. The normalized spacial score (nSPS) is 14.5. The molecule has 0 radical (unpaired) electrons. The highest BCUT2D eigenvalue weighted by Crippen LogP contribution is 2.39. The van der Waals surface area contributed by atoms with Gasteiger partial charge in [0.1, 0.15) is 0 Å². The Balaban J connectivity index is 2.57. The summed E-state index contributed by atoms with van der Waals surface area (Å²) in [4.78, 5) is 2.16. The van der Waals surface area contributed by atoms with Crippen LogP contribution in [0.1, 0.15) is 5.56 Å². The fourth-order valence-electron chi connectivity index (χ4n) is 1.83. The minimum absolute atomic E-state index is 0.233. The van der Waals surface area contributed by atoms with Crippen LogP contribution in [-0.4, -0.2) is 25.8 Å². The Hall–Kier alpha value is -1.38. The smallest absolute Gasteiger partial charge is 0.165 e. The van der Waals surface area contributed by atoms with Gasteiger partial charge in [0.25, 0.3) is 0 Å². The summed E-state index contributed by atoms with van der Waals surface area (Å²) in [5.74, 6) is 0.860. The van der Waals surface area contributed by atoms with Gasteiger partial charge >= 0.3 is 0 Å². The van der Waals surface area contributed by atoms with Gasteiger partial charge < -0.3 is 14.7 Å². The third kappa shape index (κ3) is 1.11. The number of nitrogens with zero attached hydrogens (tertiary/aromatic N) is 1. The second-order valence-electron chi connectivity index (χ2n) is 3.29. The number of aromatic hydroxyl groups is 1. The van der Waals surface area contributed by atoms with Gasteiger partial charge in [-0.3, -0.25) is 0 Å². The number of phenols is 1. The summed E-state index contributed by atoms with van der Waals surface area (Å²) < 4.78 is 5.16. The molecule has 1 N–H and O–H groups in total. The fourth-order valence-corrected chi connectivity index (χ4v) is 1.83. The maximum absolute atomic E-state index is 9.52. The molecule has 1 aromatic rings. The van der Waals surface area contributed by atoms with E-state index in [1.165, 1.54) is 0 Å². The molecule has 0 bridgehead atoms. The summed E-state index contributed by atoms with van der Waals surface area (Å²) in [5, 5.41) is 9.52. The first kappa shape index (κ1) is 8.23. The van der Waals surface area contributed by atoms with Crippen molar-refractivity contribution in [1.82, 2.24) is 0 Å². The van der Waals surface area contributed by atoms with Crippen LogP contribution in [-0.2, 0) is 6.42 Å². The van der Waals surface area contributed by atoms with Crippen molar-refractivity contribution in [3.05, 3.63) is 17.7 Å². The molecule has 0 unspecified atom stereocenters. The number of hydrogen-bond donors (Lipinski definition) is 1. The van der Waals surface area contributed by atoms with Gasteiger partial charge in [0, 0.05) is 24.8 Å². The molecular formula is C10H13NO2. The minimum atomic E-state index is 0.233. The highest BCUT2D eigenvalue weighted by atomic mass is 16.5. The molecule has 0 saturated carbocycles. The standard InChI is InChI=1S/C10H13NO2/c1-11-6-5-7-8(11)3-4-9(12)10(7)13-2/h3-4,12H,5-6H2,1-2H3. The van der Waals surface area contributed by atoms with Crippen LogP contribution in [0.4, 0.5) is 5.69 Å². The first-order chi connectivity index (χ1) is 6.24. The Morgan fingerprint density at radius 1 is 1.46 bits per heavy atom. The van der Waals surface area contributed by atoms with Crippen molar-refractivity contribution in [3.8, 4) is 11.5 Å². The monoisotopic (exact) mass is 179 g/mol. The van der Waals surface area contributed by atoms with Crippen molar-refractivity contribution in [2.45, 2.75) is 6.42 Å². The first-order valence-corrected chi connectivity index (χ1v) is 4.34. The highest BCUT2D eigenvalue weighted by Gasteiger charge is 2.21. The molecule has 0 atom stereocenters. The molecule has 1 heterocycles. The van der Waals surface area contributed by atoms with E-state index in [1.54, 1.807) is 13.2 Å². The summed E-state index contributed by atoms with van der Waals surface area (Å²) in [6.07, 6.45) is 0.948. The Morgan fingerprint density at radius 2 is 2.23 bits per heavy atom. The molecule has 13 heavy (non-hydrogen) atoms. The summed E-state index contributed by atoms with van der Waals surface area (Å²) in [7, 11) is 3.63. The molecule has 70 valence electrons. The van der Waals surface area contributed by atoms with Crippen molar-refractivity contribution in [1.29, 1.82) is 0 Å². The lowest BCUT2D eigenvalue weighted by Crippen LogP contribution is -2.12. The second kappa shape index (κ2) is 2.83. The summed E-state index contributed by atoms with van der Waals surface area (Å²) >= 11 is 0. The van der Waals surface area contributed by atoms with Crippen LogP contribution < -0.4 is 9.64 Å². The molecule has 0 spiro atoms. The third-order valence-electron chi connectivity index (χ3n) is 2.53. The predicted molar refractivity (Wildman–Crippen MR) is 51.6 cm³/mol. The Kier molecular flexibility index (Phi) is 1.79. The Morgan fingerprint density at radius 3 is 2.92 bits per heavy atom. The van der Waals surface area contributed by atoms with Crippen LogP contribution in [0.5, 0.6) is 11.5 Å². The third-order valence-corrected chi connectivity index (χ3v) is 2.53. The minimum Gasteiger partial charge on any atom is -0.504 e. The number of benzene rings is 1. The van der Waals surface area contributed by atoms with Crippen LogP contribution in [0.25, 0.3) is 0 Å². The van der Waals surface area contributed by atoms with Gasteiger partial charge in [0.2, 0.25) is 0 Å². The van der Waals surface area contributed by atoms with Gasteiger partial charge in [-0.15, -0.1) is 0 Å². The number of hydrogen-bond acceptors (Lipinski definition) is 3. The Labute approximate surface area is 77.6 Å². The van der Waals surface area contributed by atoms with Crippen LogP contribution in [0.3, 0.4) is 0 Å². The van der Waals surface area contributed by atoms with Gasteiger partial charge in [0.05, 0.1) is 7.11 Å². The van der Waals surface area contributed by atoms with E-state index in [0.717, 1.165) is 24.2 Å². The maximum atomic E-state index is 9.52. The summed E-state index contributed by atoms with van der Waals surface area (Å²) in [6.45, 7) is 0.995. The fraction of sp³-hybridized carbons (Fsp3) is 0.400. The molecule has 3 heteroatoms. The molecule has 1 aliphatic heterocycles. The van der Waals surface area contributed by atoms with E-state index in [1.807, 2.05) is 13.1 Å². The van der Waals surface area contributed by atoms with Crippen molar-refractivity contribution in [2.75, 3.05) is 25.6 Å². The van der Waals surface area contributed by atoms with E-state index in [9.17, 15) is 5.11 Å². The molecule has 0 fully saturated rings. The molecule has 0 amide bonds. The molecule has 0 aromatic heterocycles. The van der Waals surface area contributed by atoms with Crippen LogP contribution in [0, 0.1) is 0 Å². The van der Waals surface area contributed by atoms with Gasteiger partial charge in [-0.05, 0) is 18.6 Å². The summed E-state index contributed by atoms with van der Waals surface area (Å²) in [5.41, 5.74) is 2.28. The number of anilines is 1. The predicted octanol–water partition coefficient (Wildman–Crippen LogP) is 1.39. The maximum Gasteiger partial charge on any atom is 0.165 e. The van der Waals surface area contributed by atoms with E-state index in [-0.39, 0.29) is 5.75 Å². The second-order valence-corrected chi connectivity index (χ2v) is 3.29. The van der Waals surface area contributed by atoms with Crippen molar-refractivity contribution < 1.29 is 9.84 Å². The molecule has 0 saturated heterocycles. The van der Waals surface area contributed by atoms with Crippen LogP contribution in [0.15, 0.2) is 12.1 Å². The Bertz CT molecular complexity index is 336. The lowest BCUT2D eigenvalue weighted by Gasteiger charge is -2.13. The number of fused-ring (bicyclic) bond motifs is 1. The molecule has 2 rings (SSSR count). The van der Waals surface area contributed by atoms with Crippen LogP contribution in [0.2, 0.25) is 0 Å². The van der Waals surface area contributed by atoms with E-state index in [2.05, 4.69) is 4.90 Å². The lowest BCUT2D eigenvalue weighted by atomic mass is 10.1. The zero-order chi connectivity index (χ0) is 9.42.